The standard InChI is InChI=1S/C24H28N4O3/c1-17(2)16-28-21-10-5-4-9-20(21)25-22(24(28)30)26-11-13-27(14-12-26)23(29)18-7-6-8-19(15-18)31-3/h4-10,15,17H,11-14,16H2,1-3H3. The van der Waals surface area contributed by atoms with Gasteiger partial charge in [-0.3, -0.25) is 9.59 Å². The molecule has 2 heterocycles. The molecule has 0 radical (unpaired) electrons. The lowest BCUT2D eigenvalue weighted by Gasteiger charge is -2.35. The van der Waals surface area contributed by atoms with Crippen LogP contribution in [0.3, 0.4) is 0 Å². The van der Waals surface area contributed by atoms with E-state index in [-0.39, 0.29) is 11.5 Å². The number of para-hydroxylation sites is 2. The van der Waals surface area contributed by atoms with Crippen molar-refractivity contribution in [1.29, 1.82) is 0 Å². The Morgan fingerprint density at radius 2 is 1.81 bits per heavy atom. The minimum atomic E-state index is -0.0695. The first-order chi connectivity index (χ1) is 15.0. The van der Waals surface area contributed by atoms with Gasteiger partial charge in [-0.1, -0.05) is 32.0 Å². The van der Waals surface area contributed by atoms with E-state index in [1.54, 1.807) is 19.2 Å². The van der Waals surface area contributed by atoms with E-state index in [9.17, 15) is 9.59 Å². The third-order valence-electron chi connectivity index (χ3n) is 5.57. The van der Waals surface area contributed by atoms with E-state index in [2.05, 4.69) is 18.8 Å². The van der Waals surface area contributed by atoms with Crippen molar-refractivity contribution in [3.8, 4) is 5.75 Å². The average Bonchev–Trinajstić information content (AvgIpc) is 2.80. The highest BCUT2D eigenvalue weighted by molar-refractivity contribution is 5.94. The summed E-state index contributed by atoms with van der Waals surface area (Å²) in [6.07, 6.45) is 0. The number of piperazine rings is 1. The summed E-state index contributed by atoms with van der Waals surface area (Å²) in [5, 5.41) is 0. The summed E-state index contributed by atoms with van der Waals surface area (Å²) < 4.78 is 7.06. The smallest absolute Gasteiger partial charge is 0.294 e. The van der Waals surface area contributed by atoms with Crippen molar-refractivity contribution in [1.82, 2.24) is 14.5 Å². The second-order valence-corrected chi connectivity index (χ2v) is 8.24. The number of carbonyl (C=O) groups is 1. The molecule has 0 bridgehead atoms. The molecule has 1 amide bonds. The SMILES string of the molecule is COc1cccc(C(=O)N2CCN(c3nc4ccccc4n(CC(C)C)c3=O)CC2)c1. The fourth-order valence-corrected chi connectivity index (χ4v) is 3.99. The number of ether oxygens (including phenoxy) is 1. The predicted octanol–water partition coefficient (Wildman–Crippen LogP) is 3.02. The zero-order chi connectivity index (χ0) is 22.0. The highest BCUT2D eigenvalue weighted by Crippen LogP contribution is 2.19. The van der Waals surface area contributed by atoms with Crippen LogP contribution in [0, 0.1) is 5.92 Å². The molecule has 1 aliphatic heterocycles. The number of amides is 1. The van der Waals surface area contributed by atoms with E-state index in [0.29, 0.717) is 55.8 Å². The third-order valence-corrected chi connectivity index (χ3v) is 5.57. The summed E-state index contributed by atoms with van der Waals surface area (Å²) in [4.78, 5) is 34.7. The third kappa shape index (κ3) is 4.26. The van der Waals surface area contributed by atoms with Crippen LogP contribution >= 0.6 is 0 Å². The number of aromatic nitrogens is 2. The van der Waals surface area contributed by atoms with Gasteiger partial charge in [0.1, 0.15) is 5.75 Å². The number of hydrogen-bond donors (Lipinski definition) is 0. The first-order valence-corrected chi connectivity index (χ1v) is 10.7. The van der Waals surface area contributed by atoms with Crippen LogP contribution in [-0.2, 0) is 6.54 Å². The number of anilines is 1. The molecule has 162 valence electrons. The molecule has 4 rings (SSSR count). The van der Waals surface area contributed by atoms with Crippen molar-refractivity contribution >= 4 is 22.8 Å². The first-order valence-electron chi connectivity index (χ1n) is 10.7. The summed E-state index contributed by atoms with van der Waals surface area (Å²) in [6, 6.07) is 15.0. The van der Waals surface area contributed by atoms with Crippen LogP contribution in [0.2, 0.25) is 0 Å². The van der Waals surface area contributed by atoms with E-state index >= 15 is 0 Å². The fourth-order valence-electron chi connectivity index (χ4n) is 3.99. The monoisotopic (exact) mass is 420 g/mol. The Labute approximate surface area is 181 Å². The second kappa shape index (κ2) is 8.79. The Morgan fingerprint density at radius 3 is 2.52 bits per heavy atom. The molecule has 0 unspecified atom stereocenters. The van der Waals surface area contributed by atoms with Gasteiger partial charge in [0.15, 0.2) is 5.82 Å². The van der Waals surface area contributed by atoms with Gasteiger partial charge in [-0.05, 0) is 36.2 Å². The van der Waals surface area contributed by atoms with Crippen molar-refractivity contribution < 1.29 is 9.53 Å². The lowest BCUT2D eigenvalue weighted by atomic mass is 10.1. The minimum absolute atomic E-state index is 0.0257. The Bertz CT molecular complexity index is 1150. The highest BCUT2D eigenvalue weighted by atomic mass is 16.5. The molecule has 0 aliphatic carbocycles. The zero-order valence-corrected chi connectivity index (χ0v) is 18.2. The van der Waals surface area contributed by atoms with Gasteiger partial charge in [-0.25, -0.2) is 4.98 Å². The lowest BCUT2D eigenvalue weighted by Crippen LogP contribution is -2.50. The Kier molecular flexibility index (Phi) is 5.93. The molecule has 0 spiro atoms. The molecule has 1 aliphatic rings. The summed E-state index contributed by atoms with van der Waals surface area (Å²) in [5.41, 5.74) is 2.21. The number of hydrogen-bond acceptors (Lipinski definition) is 5. The topological polar surface area (TPSA) is 67.7 Å². The normalized spacial score (nSPS) is 14.3. The van der Waals surface area contributed by atoms with Crippen molar-refractivity contribution in [2.45, 2.75) is 20.4 Å². The molecule has 7 nitrogen and oxygen atoms in total. The van der Waals surface area contributed by atoms with Gasteiger partial charge < -0.3 is 19.1 Å². The minimum Gasteiger partial charge on any atom is -0.497 e. The molecule has 0 saturated carbocycles. The number of rotatable bonds is 5. The lowest BCUT2D eigenvalue weighted by molar-refractivity contribution is 0.0746. The predicted molar refractivity (Wildman–Crippen MR) is 122 cm³/mol. The van der Waals surface area contributed by atoms with Gasteiger partial charge in [0, 0.05) is 38.3 Å². The number of benzene rings is 2. The van der Waals surface area contributed by atoms with Gasteiger partial charge in [0.2, 0.25) is 0 Å². The van der Waals surface area contributed by atoms with Crippen LogP contribution < -0.4 is 15.2 Å². The molecule has 1 fully saturated rings. The number of methoxy groups -OCH3 is 1. The van der Waals surface area contributed by atoms with Crippen LogP contribution in [0.4, 0.5) is 5.82 Å². The zero-order valence-electron chi connectivity index (χ0n) is 18.2. The first kappa shape index (κ1) is 20.9. The van der Waals surface area contributed by atoms with Gasteiger partial charge >= 0.3 is 0 Å². The van der Waals surface area contributed by atoms with Crippen molar-refractivity contribution in [3.63, 3.8) is 0 Å². The molecule has 0 atom stereocenters. The van der Waals surface area contributed by atoms with Crippen molar-refractivity contribution in [2.75, 3.05) is 38.2 Å². The molecule has 1 saturated heterocycles. The Balaban J connectivity index is 1.56. The maximum Gasteiger partial charge on any atom is 0.294 e. The molecule has 3 aromatic rings. The highest BCUT2D eigenvalue weighted by Gasteiger charge is 2.25. The maximum absolute atomic E-state index is 13.3. The summed E-state index contributed by atoms with van der Waals surface area (Å²) >= 11 is 0. The molecular weight excluding hydrogens is 392 g/mol. The number of carbonyl (C=O) groups excluding carboxylic acids is 1. The molecule has 31 heavy (non-hydrogen) atoms. The van der Waals surface area contributed by atoms with Crippen LogP contribution in [0.5, 0.6) is 5.75 Å². The molecule has 0 N–H and O–H groups in total. The quantitative estimate of drug-likeness (QED) is 0.635. The molecule has 1 aromatic heterocycles. The second-order valence-electron chi connectivity index (χ2n) is 8.24. The molecule has 7 heteroatoms. The van der Waals surface area contributed by atoms with E-state index in [1.165, 1.54) is 0 Å². The van der Waals surface area contributed by atoms with E-state index < -0.39 is 0 Å². The fraction of sp³-hybridized carbons (Fsp3) is 0.375. The van der Waals surface area contributed by atoms with E-state index in [1.807, 2.05) is 50.8 Å². The summed E-state index contributed by atoms with van der Waals surface area (Å²) in [6.45, 7) is 7.05. The largest absolute Gasteiger partial charge is 0.497 e. The number of nitrogens with zero attached hydrogens (tertiary/aromatic N) is 4. The van der Waals surface area contributed by atoms with Gasteiger partial charge in [0.05, 0.1) is 18.1 Å². The van der Waals surface area contributed by atoms with E-state index in [0.717, 1.165) is 11.0 Å². The van der Waals surface area contributed by atoms with Crippen LogP contribution in [0.1, 0.15) is 24.2 Å². The average molecular weight is 421 g/mol. The van der Waals surface area contributed by atoms with Gasteiger partial charge in [-0.2, -0.15) is 0 Å². The van der Waals surface area contributed by atoms with Crippen LogP contribution in [-0.4, -0.2) is 53.6 Å². The Morgan fingerprint density at radius 1 is 1.06 bits per heavy atom. The maximum atomic E-state index is 13.3. The van der Waals surface area contributed by atoms with Crippen LogP contribution in [0.25, 0.3) is 11.0 Å². The van der Waals surface area contributed by atoms with Crippen LogP contribution in [0.15, 0.2) is 53.3 Å². The summed E-state index contributed by atoms with van der Waals surface area (Å²) in [7, 11) is 1.59. The molecule has 2 aromatic carbocycles. The van der Waals surface area contributed by atoms with E-state index in [4.69, 9.17) is 4.74 Å². The van der Waals surface area contributed by atoms with Gasteiger partial charge in [0.25, 0.3) is 11.5 Å². The van der Waals surface area contributed by atoms with Crippen molar-refractivity contribution in [3.05, 3.63) is 64.4 Å². The van der Waals surface area contributed by atoms with Gasteiger partial charge in [-0.15, -0.1) is 0 Å². The number of fused-ring (bicyclic) bond motifs is 1. The van der Waals surface area contributed by atoms with Crippen molar-refractivity contribution in [2.24, 2.45) is 5.92 Å². The Hall–Kier alpha value is -3.35. The molecular formula is C24H28N4O3. The summed E-state index contributed by atoms with van der Waals surface area (Å²) in [5.74, 6) is 1.44.